The zero-order valence-electron chi connectivity index (χ0n) is 16.5. The van der Waals surface area contributed by atoms with Crippen LogP contribution in [0.2, 0.25) is 0 Å². The van der Waals surface area contributed by atoms with Crippen molar-refractivity contribution in [3.63, 3.8) is 0 Å². The highest BCUT2D eigenvalue weighted by atomic mass is 32.1. The molecule has 8 heteroatoms. The quantitative estimate of drug-likeness (QED) is 0.816. The third-order valence-corrected chi connectivity index (χ3v) is 7.19. The fourth-order valence-corrected chi connectivity index (χ4v) is 5.15. The van der Waals surface area contributed by atoms with Crippen LogP contribution in [0.3, 0.4) is 0 Å². The first-order chi connectivity index (χ1) is 14.2. The number of nitrogens with one attached hydrogen (secondary N) is 1. The molecule has 3 fully saturated rings. The van der Waals surface area contributed by atoms with Gasteiger partial charge in [0, 0.05) is 39.3 Å². The molecule has 1 N–H and O–H groups in total. The van der Waals surface area contributed by atoms with E-state index in [-0.39, 0.29) is 11.9 Å². The number of aromatic nitrogens is 2. The molecule has 2 aromatic rings. The minimum absolute atomic E-state index is 0.000355. The van der Waals surface area contributed by atoms with Gasteiger partial charge in [-0.15, -0.1) is 11.3 Å². The fourth-order valence-electron chi connectivity index (χ4n) is 4.46. The maximum Gasteiger partial charge on any atom is 0.274 e. The number of carbonyl (C=O) groups excluding carboxylic acids is 2. The third-order valence-electron chi connectivity index (χ3n) is 6.29. The van der Waals surface area contributed by atoms with Crippen LogP contribution in [0, 0.1) is 5.92 Å². The Morgan fingerprint density at radius 2 is 2.07 bits per heavy atom. The van der Waals surface area contributed by atoms with Gasteiger partial charge in [0.2, 0.25) is 5.91 Å². The molecule has 7 nitrogen and oxygen atoms in total. The number of nitrogens with zero attached hydrogens (tertiary/aromatic N) is 4. The van der Waals surface area contributed by atoms with E-state index in [4.69, 9.17) is 0 Å². The summed E-state index contributed by atoms with van der Waals surface area (Å²) in [6, 6.07) is 5.84. The van der Waals surface area contributed by atoms with Crippen molar-refractivity contribution in [3.05, 3.63) is 29.3 Å². The number of carbonyl (C=O) groups is 2. The van der Waals surface area contributed by atoms with Crippen LogP contribution in [0.25, 0.3) is 10.6 Å². The predicted molar refractivity (Wildman–Crippen MR) is 112 cm³/mol. The second kappa shape index (κ2) is 7.91. The van der Waals surface area contributed by atoms with Gasteiger partial charge in [0.25, 0.3) is 5.91 Å². The highest BCUT2D eigenvalue weighted by Gasteiger charge is 2.39. The number of aromatic amines is 1. The number of amides is 2. The lowest BCUT2D eigenvalue weighted by molar-refractivity contribution is -0.132. The lowest BCUT2D eigenvalue weighted by Crippen LogP contribution is -2.44. The first-order valence-electron chi connectivity index (χ1n) is 10.6. The van der Waals surface area contributed by atoms with E-state index in [0.717, 1.165) is 55.5 Å². The van der Waals surface area contributed by atoms with Gasteiger partial charge in [-0.3, -0.25) is 19.6 Å². The summed E-state index contributed by atoms with van der Waals surface area (Å²) in [4.78, 5) is 33.1. The van der Waals surface area contributed by atoms with Crippen molar-refractivity contribution in [2.45, 2.75) is 31.7 Å². The SMILES string of the molecule is O=C(c1cc(-c2cccs2)[nH]n1)N1CCCN([C@H]2CCN(CC3CC3)C2=O)CC1. The summed E-state index contributed by atoms with van der Waals surface area (Å²) >= 11 is 1.62. The molecule has 1 aliphatic carbocycles. The lowest BCUT2D eigenvalue weighted by atomic mass is 10.2. The Morgan fingerprint density at radius 1 is 1.17 bits per heavy atom. The normalized spacial score (nSPS) is 23.6. The van der Waals surface area contributed by atoms with Gasteiger partial charge in [0.15, 0.2) is 5.69 Å². The number of likely N-dealkylation sites (tertiary alicyclic amines) is 1. The standard InChI is InChI=1S/C21H27N5O2S/c27-20(17-13-16(22-23-17)19-3-1-12-29-19)25-8-2-7-24(10-11-25)18-6-9-26(21(18)28)14-15-4-5-15/h1,3,12-13,15,18H,2,4-11,14H2,(H,22,23)/t18-/m0/s1. The van der Waals surface area contributed by atoms with Gasteiger partial charge < -0.3 is 9.80 Å². The van der Waals surface area contributed by atoms with Crippen LogP contribution in [0.4, 0.5) is 0 Å². The van der Waals surface area contributed by atoms with Crippen LogP contribution in [0.5, 0.6) is 0 Å². The zero-order valence-corrected chi connectivity index (χ0v) is 17.4. The molecule has 1 saturated carbocycles. The van der Waals surface area contributed by atoms with Gasteiger partial charge in [0.05, 0.1) is 16.6 Å². The van der Waals surface area contributed by atoms with Crippen LogP contribution < -0.4 is 0 Å². The van der Waals surface area contributed by atoms with Crippen molar-refractivity contribution in [1.82, 2.24) is 24.9 Å². The van der Waals surface area contributed by atoms with Gasteiger partial charge in [0.1, 0.15) is 0 Å². The molecule has 29 heavy (non-hydrogen) atoms. The molecule has 2 amide bonds. The number of thiophene rings is 1. The van der Waals surface area contributed by atoms with Crippen molar-refractivity contribution in [2.24, 2.45) is 5.92 Å². The molecule has 5 rings (SSSR count). The molecule has 3 aliphatic rings. The van der Waals surface area contributed by atoms with Crippen molar-refractivity contribution >= 4 is 23.2 Å². The number of H-pyrrole nitrogens is 1. The number of rotatable bonds is 5. The summed E-state index contributed by atoms with van der Waals surface area (Å²) in [5, 5.41) is 9.24. The van der Waals surface area contributed by atoms with Crippen molar-refractivity contribution < 1.29 is 9.59 Å². The van der Waals surface area contributed by atoms with Gasteiger partial charge in [-0.25, -0.2) is 0 Å². The molecule has 2 aromatic heterocycles. The molecule has 0 aromatic carbocycles. The van der Waals surface area contributed by atoms with Gasteiger partial charge in [-0.2, -0.15) is 5.10 Å². The smallest absolute Gasteiger partial charge is 0.274 e. The maximum absolute atomic E-state index is 13.0. The summed E-state index contributed by atoms with van der Waals surface area (Å²) in [7, 11) is 0. The Labute approximate surface area is 174 Å². The summed E-state index contributed by atoms with van der Waals surface area (Å²) in [6.07, 6.45) is 4.36. The largest absolute Gasteiger partial charge is 0.341 e. The molecule has 2 saturated heterocycles. The molecule has 0 bridgehead atoms. The van der Waals surface area contributed by atoms with E-state index in [1.165, 1.54) is 12.8 Å². The maximum atomic E-state index is 13.0. The number of hydrogen-bond donors (Lipinski definition) is 1. The van der Waals surface area contributed by atoms with E-state index in [1.807, 2.05) is 28.5 Å². The molecule has 0 unspecified atom stereocenters. The van der Waals surface area contributed by atoms with Crippen LogP contribution in [-0.4, -0.2) is 82.0 Å². The van der Waals surface area contributed by atoms with E-state index in [9.17, 15) is 9.59 Å². The predicted octanol–water partition coefficient (Wildman–Crippen LogP) is 2.30. The fraction of sp³-hybridized carbons (Fsp3) is 0.571. The molecule has 0 spiro atoms. The van der Waals surface area contributed by atoms with Crippen molar-refractivity contribution in [2.75, 3.05) is 39.3 Å². The topological polar surface area (TPSA) is 72.5 Å². The minimum atomic E-state index is -0.0287. The van der Waals surface area contributed by atoms with Crippen LogP contribution in [0.15, 0.2) is 23.6 Å². The Balaban J connectivity index is 1.20. The Kier molecular flexibility index (Phi) is 5.13. The van der Waals surface area contributed by atoms with Crippen LogP contribution >= 0.6 is 11.3 Å². The van der Waals surface area contributed by atoms with Crippen molar-refractivity contribution in [1.29, 1.82) is 0 Å². The molecule has 1 atom stereocenters. The highest BCUT2D eigenvalue weighted by Crippen LogP contribution is 2.32. The van der Waals surface area contributed by atoms with E-state index in [1.54, 1.807) is 11.3 Å². The second-order valence-electron chi connectivity index (χ2n) is 8.36. The Bertz CT molecular complexity index is 876. The molecule has 0 radical (unpaired) electrons. The average molecular weight is 414 g/mol. The summed E-state index contributed by atoms with van der Waals surface area (Å²) in [5.41, 5.74) is 1.35. The molecule has 4 heterocycles. The summed E-state index contributed by atoms with van der Waals surface area (Å²) in [5.74, 6) is 1.01. The monoisotopic (exact) mass is 413 g/mol. The van der Waals surface area contributed by atoms with E-state index >= 15 is 0 Å². The molecular weight excluding hydrogens is 386 g/mol. The molecule has 154 valence electrons. The van der Waals surface area contributed by atoms with E-state index in [0.29, 0.717) is 24.7 Å². The molecule has 2 aliphatic heterocycles. The van der Waals surface area contributed by atoms with Gasteiger partial charge in [-0.1, -0.05) is 6.07 Å². The first kappa shape index (κ1) is 18.8. The zero-order chi connectivity index (χ0) is 19.8. The minimum Gasteiger partial charge on any atom is -0.341 e. The van der Waals surface area contributed by atoms with Crippen LogP contribution in [0.1, 0.15) is 36.2 Å². The lowest BCUT2D eigenvalue weighted by Gasteiger charge is -2.26. The Morgan fingerprint density at radius 3 is 2.86 bits per heavy atom. The second-order valence-corrected chi connectivity index (χ2v) is 9.31. The summed E-state index contributed by atoms with van der Waals surface area (Å²) < 4.78 is 0. The third kappa shape index (κ3) is 3.96. The van der Waals surface area contributed by atoms with Crippen molar-refractivity contribution in [3.8, 4) is 10.6 Å². The molecular formula is C21H27N5O2S. The summed E-state index contributed by atoms with van der Waals surface area (Å²) in [6.45, 7) is 4.81. The first-order valence-corrected chi connectivity index (χ1v) is 11.5. The van der Waals surface area contributed by atoms with E-state index < -0.39 is 0 Å². The van der Waals surface area contributed by atoms with Crippen LogP contribution in [-0.2, 0) is 4.79 Å². The van der Waals surface area contributed by atoms with Gasteiger partial charge >= 0.3 is 0 Å². The van der Waals surface area contributed by atoms with Gasteiger partial charge in [-0.05, 0) is 49.1 Å². The highest BCUT2D eigenvalue weighted by molar-refractivity contribution is 7.13. The Hall–Kier alpha value is -2.19. The van der Waals surface area contributed by atoms with E-state index in [2.05, 4.69) is 20.0 Å². The average Bonchev–Trinajstić information content (AvgIpc) is 3.08. The number of hydrogen-bond acceptors (Lipinski definition) is 5.